The monoisotopic (exact) mass is 191 g/mol. The lowest BCUT2D eigenvalue weighted by atomic mass is 10.0. The fraction of sp³-hybridized carbons (Fsp3) is 0.875. The first kappa shape index (κ1) is 9.81. The number of carboxylic acids is 1. The molecule has 0 aromatic heterocycles. The third kappa shape index (κ3) is 1.57. The van der Waals surface area contributed by atoms with Crippen LogP contribution in [0.1, 0.15) is 25.7 Å². The molecule has 0 spiro atoms. The van der Waals surface area contributed by atoms with Gasteiger partial charge in [-0.05, 0) is 25.2 Å². The summed E-state index contributed by atoms with van der Waals surface area (Å²) in [4.78, 5) is 10.6. The summed E-state index contributed by atoms with van der Waals surface area (Å²) in [5.41, 5.74) is 0. The van der Waals surface area contributed by atoms with E-state index in [-0.39, 0.29) is 18.4 Å². The van der Waals surface area contributed by atoms with E-state index in [0.717, 1.165) is 6.42 Å². The quantitative estimate of drug-likeness (QED) is 0.651. The second kappa shape index (κ2) is 3.62. The SMILES string of the molecule is Cl.O=C(O)C1CC2CCCC2N1. The van der Waals surface area contributed by atoms with Gasteiger partial charge < -0.3 is 10.4 Å². The summed E-state index contributed by atoms with van der Waals surface area (Å²) < 4.78 is 0. The van der Waals surface area contributed by atoms with Crippen molar-refractivity contribution in [2.45, 2.75) is 37.8 Å². The first-order valence-electron chi connectivity index (χ1n) is 4.26. The van der Waals surface area contributed by atoms with Crippen LogP contribution in [0, 0.1) is 5.92 Å². The zero-order valence-corrected chi connectivity index (χ0v) is 7.64. The third-order valence-electron chi connectivity index (χ3n) is 2.91. The van der Waals surface area contributed by atoms with Crippen LogP contribution in [-0.4, -0.2) is 23.2 Å². The van der Waals surface area contributed by atoms with Crippen LogP contribution < -0.4 is 5.32 Å². The summed E-state index contributed by atoms with van der Waals surface area (Å²) in [6.45, 7) is 0. The van der Waals surface area contributed by atoms with Gasteiger partial charge in [0.2, 0.25) is 0 Å². The summed E-state index contributed by atoms with van der Waals surface area (Å²) in [5, 5.41) is 11.9. The van der Waals surface area contributed by atoms with Crippen molar-refractivity contribution in [3.05, 3.63) is 0 Å². The molecule has 70 valence electrons. The second-order valence-electron chi connectivity index (χ2n) is 3.59. The van der Waals surface area contributed by atoms with Gasteiger partial charge in [0.1, 0.15) is 6.04 Å². The molecule has 1 aliphatic carbocycles. The largest absolute Gasteiger partial charge is 0.480 e. The number of carboxylic acid groups (broad SMARTS) is 1. The smallest absolute Gasteiger partial charge is 0.320 e. The molecule has 2 aliphatic rings. The molecule has 12 heavy (non-hydrogen) atoms. The first-order valence-corrected chi connectivity index (χ1v) is 4.26. The predicted molar refractivity (Wildman–Crippen MR) is 47.6 cm³/mol. The van der Waals surface area contributed by atoms with Crippen molar-refractivity contribution in [2.75, 3.05) is 0 Å². The number of carbonyl (C=O) groups is 1. The third-order valence-corrected chi connectivity index (χ3v) is 2.91. The van der Waals surface area contributed by atoms with E-state index in [1.165, 1.54) is 19.3 Å². The molecule has 3 unspecified atom stereocenters. The van der Waals surface area contributed by atoms with E-state index in [2.05, 4.69) is 5.32 Å². The van der Waals surface area contributed by atoms with Crippen molar-refractivity contribution >= 4 is 18.4 Å². The minimum Gasteiger partial charge on any atom is -0.480 e. The zero-order chi connectivity index (χ0) is 7.84. The van der Waals surface area contributed by atoms with Gasteiger partial charge in [0.25, 0.3) is 0 Å². The summed E-state index contributed by atoms with van der Waals surface area (Å²) in [5.74, 6) is -0.0319. The maximum absolute atomic E-state index is 10.6. The minimum atomic E-state index is -0.681. The van der Waals surface area contributed by atoms with Crippen LogP contribution in [0.3, 0.4) is 0 Å². The molecular weight excluding hydrogens is 178 g/mol. The van der Waals surface area contributed by atoms with E-state index in [1.54, 1.807) is 0 Å². The Labute approximate surface area is 77.9 Å². The summed E-state index contributed by atoms with van der Waals surface area (Å²) in [7, 11) is 0. The molecule has 1 saturated heterocycles. The highest BCUT2D eigenvalue weighted by atomic mass is 35.5. The summed E-state index contributed by atoms with van der Waals surface area (Å²) in [6.07, 6.45) is 4.52. The van der Waals surface area contributed by atoms with E-state index < -0.39 is 5.97 Å². The second-order valence-corrected chi connectivity index (χ2v) is 3.59. The summed E-state index contributed by atoms with van der Waals surface area (Å²) >= 11 is 0. The Morgan fingerprint density at radius 3 is 2.75 bits per heavy atom. The first-order chi connectivity index (χ1) is 5.27. The maximum Gasteiger partial charge on any atom is 0.320 e. The number of hydrogen-bond acceptors (Lipinski definition) is 2. The van der Waals surface area contributed by atoms with E-state index >= 15 is 0 Å². The van der Waals surface area contributed by atoms with Gasteiger partial charge in [-0.15, -0.1) is 12.4 Å². The Hall–Kier alpha value is -0.280. The van der Waals surface area contributed by atoms with Crippen LogP contribution in [0.2, 0.25) is 0 Å². The van der Waals surface area contributed by atoms with E-state index in [0.29, 0.717) is 12.0 Å². The number of fused-ring (bicyclic) bond motifs is 1. The molecule has 0 radical (unpaired) electrons. The van der Waals surface area contributed by atoms with Gasteiger partial charge in [-0.1, -0.05) is 6.42 Å². The molecule has 1 aliphatic heterocycles. The molecule has 1 saturated carbocycles. The molecule has 0 amide bonds. The fourth-order valence-electron chi connectivity index (χ4n) is 2.34. The molecule has 1 heterocycles. The van der Waals surface area contributed by atoms with Crippen molar-refractivity contribution in [2.24, 2.45) is 5.92 Å². The zero-order valence-electron chi connectivity index (χ0n) is 6.82. The molecule has 3 atom stereocenters. The number of aliphatic carboxylic acids is 1. The van der Waals surface area contributed by atoms with Crippen molar-refractivity contribution in [3.63, 3.8) is 0 Å². The number of hydrogen-bond donors (Lipinski definition) is 2. The maximum atomic E-state index is 10.6. The average Bonchev–Trinajstić information content (AvgIpc) is 2.40. The number of halogens is 1. The normalized spacial score (nSPS) is 38.8. The highest BCUT2D eigenvalue weighted by Crippen LogP contribution is 2.34. The van der Waals surface area contributed by atoms with Crippen LogP contribution in [0.5, 0.6) is 0 Å². The lowest BCUT2D eigenvalue weighted by molar-refractivity contribution is -0.139. The van der Waals surface area contributed by atoms with Gasteiger partial charge in [0.05, 0.1) is 0 Å². The minimum absolute atomic E-state index is 0. The van der Waals surface area contributed by atoms with E-state index in [4.69, 9.17) is 5.11 Å². The highest BCUT2D eigenvalue weighted by molar-refractivity contribution is 5.85. The molecule has 0 aromatic carbocycles. The van der Waals surface area contributed by atoms with Crippen LogP contribution in [0.4, 0.5) is 0 Å². The summed E-state index contributed by atoms with van der Waals surface area (Å²) in [6, 6.07) is 0.251. The highest BCUT2D eigenvalue weighted by Gasteiger charge is 2.39. The number of rotatable bonds is 1. The van der Waals surface area contributed by atoms with Crippen molar-refractivity contribution < 1.29 is 9.90 Å². The Morgan fingerprint density at radius 1 is 1.42 bits per heavy atom. The molecule has 4 heteroatoms. The molecule has 0 aromatic rings. The Morgan fingerprint density at radius 2 is 2.17 bits per heavy atom. The Bertz CT molecular complexity index is 174. The molecule has 2 fully saturated rings. The van der Waals surface area contributed by atoms with Gasteiger partial charge in [-0.2, -0.15) is 0 Å². The number of nitrogens with one attached hydrogen (secondary N) is 1. The van der Waals surface area contributed by atoms with Gasteiger partial charge >= 0.3 is 5.97 Å². The fourth-order valence-corrected chi connectivity index (χ4v) is 2.34. The molecule has 3 nitrogen and oxygen atoms in total. The predicted octanol–water partition coefficient (Wildman–Crippen LogP) is 1.02. The van der Waals surface area contributed by atoms with Gasteiger partial charge in [-0.3, -0.25) is 4.79 Å². The van der Waals surface area contributed by atoms with E-state index in [9.17, 15) is 4.79 Å². The lowest BCUT2D eigenvalue weighted by Crippen LogP contribution is -2.34. The topological polar surface area (TPSA) is 49.3 Å². The van der Waals surface area contributed by atoms with Crippen LogP contribution in [0.15, 0.2) is 0 Å². The molecule has 2 rings (SSSR count). The molecule has 2 N–H and O–H groups in total. The average molecular weight is 192 g/mol. The van der Waals surface area contributed by atoms with Crippen LogP contribution in [-0.2, 0) is 4.79 Å². The standard InChI is InChI=1S/C8H13NO2.ClH/c10-8(11)7-4-5-2-1-3-6(5)9-7;/h5-7,9H,1-4H2,(H,10,11);1H. The Balaban J connectivity index is 0.000000720. The Kier molecular flexibility index (Phi) is 2.96. The van der Waals surface area contributed by atoms with E-state index in [1.807, 2.05) is 0 Å². The van der Waals surface area contributed by atoms with Crippen molar-refractivity contribution in [1.82, 2.24) is 5.32 Å². The van der Waals surface area contributed by atoms with Gasteiger partial charge in [0, 0.05) is 6.04 Å². The molecular formula is C8H14ClNO2. The van der Waals surface area contributed by atoms with Gasteiger partial charge in [0.15, 0.2) is 0 Å². The molecule has 0 bridgehead atoms. The van der Waals surface area contributed by atoms with Crippen molar-refractivity contribution in [1.29, 1.82) is 0 Å². The van der Waals surface area contributed by atoms with Crippen molar-refractivity contribution in [3.8, 4) is 0 Å². The van der Waals surface area contributed by atoms with Crippen LogP contribution >= 0.6 is 12.4 Å². The van der Waals surface area contributed by atoms with Gasteiger partial charge in [-0.25, -0.2) is 0 Å². The lowest BCUT2D eigenvalue weighted by Gasteiger charge is -2.07. The van der Waals surface area contributed by atoms with Crippen LogP contribution in [0.25, 0.3) is 0 Å².